The summed E-state index contributed by atoms with van der Waals surface area (Å²) in [6.45, 7) is 5.02. The fourth-order valence-electron chi connectivity index (χ4n) is 1.17. The molecule has 0 aromatic heterocycles. The number of hydrogen-bond acceptors (Lipinski definition) is 4. The second-order valence-corrected chi connectivity index (χ2v) is 5.61. The van der Waals surface area contributed by atoms with Crippen LogP contribution in [0.5, 0.6) is 0 Å². The number of benzene rings is 1. The van der Waals surface area contributed by atoms with E-state index in [-0.39, 0.29) is 15.6 Å². The third-order valence-electron chi connectivity index (χ3n) is 2.11. The van der Waals surface area contributed by atoms with Crippen LogP contribution in [0.1, 0.15) is 6.92 Å². The molecular formula is C10H11ClN2O4S. The number of nitrogens with zero attached hydrogens (tertiary/aromatic N) is 1. The van der Waals surface area contributed by atoms with Crippen molar-refractivity contribution in [1.82, 2.24) is 4.72 Å². The predicted octanol–water partition coefficient (Wildman–Crippen LogP) is 2.10. The van der Waals surface area contributed by atoms with Crippen molar-refractivity contribution in [2.45, 2.75) is 17.9 Å². The van der Waals surface area contributed by atoms with E-state index in [1.807, 2.05) is 0 Å². The van der Waals surface area contributed by atoms with Crippen LogP contribution >= 0.6 is 11.6 Å². The average Bonchev–Trinajstić information content (AvgIpc) is 2.28. The molecule has 0 saturated carbocycles. The van der Waals surface area contributed by atoms with Crippen LogP contribution in [0.2, 0.25) is 5.02 Å². The summed E-state index contributed by atoms with van der Waals surface area (Å²) in [6.07, 6.45) is 1.39. The molecule has 0 bridgehead atoms. The first-order valence-electron chi connectivity index (χ1n) is 4.86. The van der Waals surface area contributed by atoms with Crippen molar-refractivity contribution in [2.24, 2.45) is 0 Å². The summed E-state index contributed by atoms with van der Waals surface area (Å²) >= 11 is 5.74. The molecule has 98 valence electrons. The van der Waals surface area contributed by atoms with Crippen LogP contribution < -0.4 is 4.72 Å². The Labute approximate surface area is 109 Å². The molecule has 1 aromatic rings. The zero-order chi connectivity index (χ0) is 13.9. The van der Waals surface area contributed by atoms with Gasteiger partial charge in [-0.15, -0.1) is 6.58 Å². The van der Waals surface area contributed by atoms with Crippen molar-refractivity contribution >= 4 is 27.3 Å². The molecule has 18 heavy (non-hydrogen) atoms. The summed E-state index contributed by atoms with van der Waals surface area (Å²) in [4.78, 5) is 9.59. The van der Waals surface area contributed by atoms with Crippen LogP contribution in [-0.2, 0) is 10.0 Å². The molecule has 1 N–H and O–H groups in total. The first-order valence-corrected chi connectivity index (χ1v) is 6.73. The Morgan fingerprint density at radius 1 is 1.56 bits per heavy atom. The van der Waals surface area contributed by atoms with Gasteiger partial charge in [0.25, 0.3) is 5.69 Å². The maximum atomic E-state index is 11.9. The highest BCUT2D eigenvalue weighted by molar-refractivity contribution is 7.89. The monoisotopic (exact) mass is 290 g/mol. The minimum Gasteiger partial charge on any atom is -0.258 e. The van der Waals surface area contributed by atoms with Crippen molar-refractivity contribution < 1.29 is 13.3 Å². The number of hydrogen-bond donors (Lipinski definition) is 1. The number of halogens is 1. The lowest BCUT2D eigenvalue weighted by molar-refractivity contribution is -0.385. The fourth-order valence-corrected chi connectivity index (χ4v) is 2.90. The van der Waals surface area contributed by atoms with Crippen LogP contribution in [0, 0.1) is 10.1 Å². The quantitative estimate of drug-likeness (QED) is 0.511. The van der Waals surface area contributed by atoms with Gasteiger partial charge < -0.3 is 0 Å². The number of sulfonamides is 1. The predicted molar refractivity (Wildman–Crippen MR) is 68.1 cm³/mol. The number of nitro benzene ring substituents is 1. The lowest BCUT2D eigenvalue weighted by atomic mass is 10.3. The van der Waals surface area contributed by atoms with Crippen LogP contribution in [0.25, 0.3) is 0 Å². The summed E-state index contributed by atoms with van der Waals surface area (Å²) in [6, 6.07) is 2.72. The lowest BCUT2D eigenvalue weighted by Gasteiger charge is -2.11. The highest BCUT2D eigenvalue weighted by Crippen LogP contribution is 2.26. The van der Waals surface area contributed by atoms with Gasteiger partial charge in [0.15, 0.2) is 0 Å². The Morgan fingerprint density at radius 3 is 2.67 bits per heavy atom. The molecule has 1 unspecified atom stereocenters. The van der Waals surface area contributed by atoms with E-state index in [1.54, 1.807) is 6.92 Å². The molecule has 0 heterocycles. The largest absolute Gasteiger partial charge is 0.270 e. The molecule has 6 nitrogen and oxygen atoms in total. The highest BCUT2D eigenvalue weighted by atomic mass is 35.5. The Morgan fingerprint density at radius 2 is 2.17 bits per heavy atom. The Balaban J connectivity index is 3.27. The summed E-state index contributed by atoms with van der Waals surface area (Å²) in [5.41, 5.74) is -0.342. The van der Waals surface area contributed by atoms with Crippen LogP contribution in [-0.4, -0.2) is 19.4 Å². The van der Waals surface area contributed by atoms with Crippen molar-refractivity contribution in [3.8, 4) is 0 Å². The minimum absolute atomic E-state index is 0.0793. The van der Waals surface area contributed by atoms with E-state index in [4.69, 9.17) is 11.6 Å². The van der Waals surface area contributed by atoms with E-state index in [1.165, 1.54) is 12.1 Å². The Bertz CT molecular complexity index is 586. The molecule has 0 fully saturated rings. The van der Waals surface area contributed by atoms with E-state index < -0.39 is 21.0 Å². The molecule has 0 radical (unpaired) electrons. The molecule has 8 heteroatoms. The number of non-ortho nitro benzene ring substituents is 1. The van der Waals surface area contributed by atoms with Crippen molar-refractivity contribution in [3.05, 3.63) is 46.0 Å². The Hall–Kier alpha value is -1.44. The summed E-state index contributed by atoms with van der Waals surface area (Å²) < 4.78 is 26.1. The van der Waals surface area contributed by atoms with E-state index in [9.17, 15) is 18.5 Å². The standard InChI is InChI=1S/C10H11ClN2O4S/c1-3-7(2)12-18(16,17)10-6-8(13(14)15)4-5-9(10)11/h3-7,12H,1H2,2H3. The van der Waals surface area contributed by atoms with Crippen molar-refractivity contribution in [3.63, 3.8) is 0 Å². The second-order valence-electron chi connectivity index (χ2n) is 3.52. The van der Waals surface area contributed by atoms with E-state index in [0.29, 0.717) is 0 Å². The fraction of sp³-hybridized carbons (Fsp3) is 0.200. The molecule has 1 atom stereocenters. The van der Waals surface area contributed by atoms with Gasteiger partial charge in [0.2, 0.25) is 10.0 Å². The maximum absolute atomic E-state index is 11.9. The number of nitrogens with one attached hydrogen (secondary N) is 1. The molecule has 0 saturated heterocycles. The molecule has 1 aromatic carbocycles. The zero-order valence-corrected chi connectivity index (χ0v) is 11.0. The third kappa shape index (κ3) is 3.28. The first kappa shape index (κ1) is 14.6. The number of rotatable bonds is 5. The molecule has 1 rings (SSSR count). The van der Waals surface area contributed by atoms with Gasteiger partial charge in [-0.2, -0.15) is 0 Å². The second kappa shape index (κ2) is 5.47. The maximum Gasteiger partial charge on any atom is 0.270 e. The highest BCUT2D eigenvalue weighted by Gasteiger charge is 2.22. The van der Waals surface area contributed by atoms with E-state index in [2.05, 4.69) is 11.3 Å². The van der Waals surface area contributed by atoms with Crippen LogP contribution in [0.15, 0.2) is 35.7 Å². The first-order chi connectivity index (χ1) is 8.27. The van der Waals surface area contributed by atoms with Crippen molar-refractivity contribution in [1.29, 1.82) is 0 Å². The molecular weight excluding hydrogens is 280 g/mol. The topological polar surface area (TPSA) is 89.3 Å². The molecule has 0 spiro atoms. The van der Waals surface area contributed by atoms with Gasteiger partial charge in [-0.1, -0.05) is 17.7 Å². The summed E-state index contributed by atoms with van der Waals surface area (Å²) in [5, 5.41) is 10.5. The Kier molecular flexibility index (Phi) is 4.44. The van der Waals surface area contributed by atoms with Crippen LogP contribution in [0.3, 0.4) is 0 Å². The normalized spacial score (nSPS) is 13.0. The van der Waals surface area contributed by atoms with Crippen LogP contribution in [0.4, 0.5) is 5.69 Å². The molecule has 0 aliphatic heterocycles. The summed E-state index contributed by atoms with van der Waals surface area (Å²) in [5.74, 6) is 0. The van der Waals surface area contributed by atoms with Gasteiger partial charge in [0, 0.05) is 18.2 Å². The SMILES string of the molecule is C=CC(C)NS(=O)(=O)c1cc([N+](=O)[O-])ccc1Cl. The van der Waals surface area contributed by atoms with Gasteiger partial charge in [-0.05, 0) is 13.0 Å². The molecule has 0 amide bonds. The van der Waals surface area contributed by atoms with Crippen molar-refractivity contribution in [2.75, 3.05) is 0 Å². The van der Waals surface area contributed by atoms with Gasteiger partial charge >= 0.3 is 0 Å². The summed E-state index contributed by atoms with van der Waals surface area (Å²) in [7, 11) is -3.92. The zero-order valence-electron chi connectivity index (χ0n) is 9.46. The third-order valence-corrected chi connectivity index (χ3v) is 4.15. The van der Waals surface area contributed by atoms with E-state index >= 15 is 0 Å². The van der Waals surface area contributed by atoms with Gasteiger partial charge in [0.05, 0.1) is 9.95 Å². The molecule has 0 aliphatic carbocycles. The van der Waals surface area contributed by atoms with Gasteiger partial charge in [-0.25, -0.2) is 13.1 Å². The average molecular weight is 291 g/mol. The minimum atomic E-state index is -3.92. The van der Waals surface area contributed by atoms with E-state index in [0.717, 1.165) is 12.1 Å². The molecule has 0 aliphatic rings. The van der Waals surface area contributed by atoms with Gasteiger partial charge in [0.1, 0.15) is 4.90 Å². The smallest absolute Gasteiger partial charge is 0.258 e. The lowest BCUT2D eigenvalue weighted by Crippen LogP contribution is -2.31. The number of nitro groups is 1. The van der Waals surface area contributed by atoms with Gasteiger partial charge in [-0.3, -0.25) is 10.1 Å².